The van der Waals surface area contributed by atoms with Crippen molar-refractivity contribution in [3.63, 3.8) is 0 Å². The molecular formula is C21H25N3O3. The number of hydrogen-bond donors (Lipinski definition) is 0. The van der Waals surface area contributed by atoms with Crippen molar-refractivity contribution >= 4 is 11.8 Å². The van der Waals surface area contributed by atoms with Crippen LogP contribution in [0, 0.1) is 5.41 Å². The normalized spacial score (nSPS) is 22.1. The molecule has 2 fully saturated rings. The quantitative estimate of drug-likeness (QED) is 0.833. The smallest absolute Gasteiger partial charge is 0.270 e. The van der Waals surface area contributed by atoms with E-state index >= 15 is 0 Å². The Kier molecular flexibility index (Phi) is 4.42. The highest BCUT2D eigenvalue weighted by atomic mass is 16.5. The minimum Gasteiger partial charge on any atom is -0.497 e. The molecule has 6 nitrogen and oxygen atoms in total. The van der Waals surface area contributed by atoms with Crippen molar-refractivity contribution in [1.82, 2.24) is 14.4 Å². The number of ether oxygens (including phenoxy) is 1. The molecule has 2 aliphatic rings. The van der Waals surface area contributed by atoms with Crippen molar-refractivity contribution in [3.05, 3.63) is 53.9 Å². The second-order valence-corrected chi connectivity index (χ2v) is 7.59. The van der Waals surface area contributed by atoms with E-state index in [9.17, 15) is 9.59 Å². The number of likely N-dealkylation sites (tertiary alicyclic amines) is 2. The molecular weight excluding hydrogens is 342 g/mol. The number of carbonyl (C=O) groups excluding carboxylic acids is 2. The fourth-order valence-corrected chi connectivity index (χ4v) is 4.30. The van der Waals surface area contributed by atoms with Crippen LogP contribution in [0.1, 0.15) is 28.9 Å². The van der Waals surface area contributed by atoms with Gasteiger partial charge in [0, 0.05) is 39.4 Å². The number of amides is 2. The van der Waals surface area contributed by atoms with E-state index in [0.29, 0.717) is 25.3 Å². The second kappa shape index (κ2) is 6.76. The monoisotopic (exact) mass is 367 g/mol. The van der Waals surface area contributed by atoms with Crippen LogP contribution < -0.4 is 4.74 Å². The largest absolute Gasteiger partial charge is 0.497 e. The van der Waals surface area contributed by atoms with Gasteiger partial charge in [0.15, 0.2) is 0 Å². The third-order valence-electron chi connectivity index (χ3n) is 5.91. The maximum Gasteiger partial charge on any atom is 0.270 e. The molecule has 27 heavy (non-hydrogen) atoms. The highest BCUT2D eigenvalue weighted by Crippen LogP contribution is 2.41. The van der Waals surface area contributed by atoms with E-state index in [4.69, 9.17) is 4.74 Å². The average molecular weight is 367 g/mol. The molecule has 142 valence electrons. The van der Waals surface area contributed by atoms with Gasteiger partial charge in [-0.25, -0.2) is 0 Å². The van der Waals surface area contributed by atoms with Gasteiger partial charge in [-0.1, -0.05) is 12.1 Å². The molecule has 1 aromatic heterocycles. The molecule has 2 saturated heterocycles. The lowest BCUT2D eigenvalue weighted by Gasteiger charge is -2.24. The van der Waals surface area contributed by atoms with E-state index in [2.05, 4.69) is 0 Å². The van der Waals surface area contributed by atoms with Crippen LogP contribution in [0.4, 0.5) is 0 Å². The molecule has 1 unspecified atom stereocenters. The first-order valence-corrected chi connectivity index (χ1v) is 9.35. The molecule has 0 bridgehead atoms. The van der Waals surface area contributed by atoms with Gasteiger partial charge in [-0.05, 0) is 42.7 Å². The van der Waals surface area contributed by atoms with Gasteiger partial charge in [0.05, 0.1) is 12.5 Å². The lowest BCUT2D eigenvalue weighted by atomic mass is 9.85. The van der Waals surface area contributed by atoms with Gasteiger partial charge >= 0.3 is 0 Å². The summed E-state index contributed by atoms with van der Waals surface area (Å²) in [6.45, 7) is 2.49. The maximum atomic E-state index is 13.2. The summed E-state index contributed by atoms with van der Waals surface area (Å²) in [5.41, 5.74) is 1.32. The Morgan fingerprint density at radius 3 is 2.74 bits per heavy atom. The Morgan fingerprint density at radius 1 is 1.19 bits per heavy atom. The first-order chi connectivity index (χ1) is 13.0. The van der Waals surface area contributed by atoms with Crippen LogP contribution in [0.2, 0.25) is 0 Å². The SMILES string of the molecule is COc1cccc(CN2CCC3(CCN(C(=O)c4cccn4C)C3)C2=O)c1. The van der Waals surface area contributed by atoms with E-state index in [1.165, 1.54) is 0 Å². The summed E-state index contributed by atoms with van der Waals surface area (Å²) in [5.74, 6) is 0.986. The van der Waals surface area contributed by atoms with Gasteiger partial charge in [0.2, 0.25) is 5.91 Å². The Hall–Kier alpha value is -2.76. The molecule has 0 N–H and O–H groups in total. The van der Waals surface area contributed by atoms with Crippen molar-refractivity contribution in [2.75, 3.05) is 26.7 Å². The Bertz CT molecular complexity index is 875. The average Bonchev–Trinajstić information content (AvgIpc) is 3.38. The Balaban J connectivity index is 1.45. The van der Waals surface area contributed by atoms with Crippen LogP contribution >= 0.6 is 0 Å². The van der Waals surface area contributed by atoms with Crippen LogP contribution in [-0.4, -0.2) is 52.9 Å². The van der Waals surface area contributed by atoms with Gasteiger partial charge < -0.3 is 19.1 Å². The molecule has 3 heterocycles. The molecule has 6 heteroatoms. The van der Waals surface area contributed by atoms with E-state index in [0.717, 1.165) is 30.7 Å². The zero-order valence-electron chi connectivity index (χ0n) is 15.9. The van der Waals surface area contributed by atoms with E-state index < -0.39 is 5.41 Å². The number of nitrogens with zero attached hydrogens (tertiary/aromatic N) is 3. The van der Waals surface area contributed by atoms with Crippen LogP contribution in [0.5, 0.6) is 5.75 Å². The minimum absolute atomic E-state index is 0.0124. The number of benzene rings is 1. The predicted molar refractivity (Wildman–Crippen MR) is 101 cm³/mol. The van der Waals surface area contributed by atoms with Crippen molar-refractivity contribution in [2.45, 2.75) is 19.4 Å². The van der Waals surface area contributed by atoms with Gasteiger partial charge in [-0.2, -0.15) is 0 Å². The third-order valence-corrected chi connectivity index (χ3v) is 5.91. The first kappa shape index (κ1) is 17.6. The standard InChI is InChI=1S/C21H25N3O3/c1-22-10-4-7-18(22)19(25)24-12-9-21(15-24)8-11-23(20(21)26)14-16-5-3-6-17(13-16)27-2/h3-7,10,13H,8-9,11-12,14-15H2,1-2H3. The van der Waals surface area contributed by atoms with Crippen molar-refractivity contribution in [1.29, 1.82) is 0 Å². The van der Waals surface area contributed by atoms with Gasteiger partial charge in [0.1, 0.15) is 11.4 Å². The molecule has 1 spiro atoms. The highest BCUT2D eigenvalue weighted by Gasteiger charge is 2.51. The molecule has 0 aliphatic carbocycles. The molecule has 0 radical (unpaired) electrons. The number of aryl methyl sites for hydroxylation is 1. The summed E-state index contributed by atoms with van der Waals surface area (Å²) < 4.78 is 7.11. The van der Waals surface area contributed by atoms with Crippen LogP contribution in [-0.2, 0) is 18.4 Å². The maximum absolute atomic E-state index is 13.2. The highest BCUT2D eigenvalue weighted by molar-refractivity contribution is 5.94. The van der Waals surface area contributed by atoms with E-state index in [1.54, 1.807) is 7.11 Å². The van der Waals surface area contributed by atoms with Gasteiger partial charge in [-0.3, -0.25) is 9.59 Å². The summed E-state index contributed by atoms with van der Waals surface area (Å²) in [5, 5.41) is 0. The lowest BCUT2D eigenvalue weighted by Crippen LogP contribution is -2.38. The summed E-state index contributed by atoms with van der Waals surface area (Å²) in [6, 6.07) is 11.5. The fourth-order valence-electron chi connectivity index (χ4n) is 4.30. The van der Waals surface area contributed by atoms with Crippen LogP contribution in [0.3, 0.4) is 0 Å². The summed E-state index contributed by atoms with van der Waals surface area (Å²) in [4.78, 5) is 29.7. The predicted octanol–water partition coefficient (Wildman–Crippen LogP) is 2.30. The first-order valence-electron chi connectivity index (χ1n) is 9.35. The Labute approximate surface area is 159 Å². The van der Waals surface area contributed by atoms with Crippen molar-refractivity contribution in [3.8, 4) is 5.75 Å². The summed E-state index contributed by atoms with van der Waals surface area (Å²) in [7, 11) is 3.52. The van der Waals surface area contributed by atoms with Gasteiger partial charge in [-0.15, -0.1) is 0 Å². The molecule has 4 rings (SSSR count). The van der Waals surface area contributed by atoms with E-state index in [-0.39, 0.29) is 11.8 Å². The third kappa shape index (κ3) is 3.09. The molecule has 2 aromatic rings. The topological polar surface area (TPSA) is 54.8 Å². The number of carbonyl (C=O) groups is 2. The van der Waals surface area contributed by atoms with E-state index in [1.807, 2.05) is 64.0 Å². The molecule has 2 amide bonds. The molecule has 1 atom stereocenters. The number of rotatable bonds is 4. The lowest BCUT2D eigenvalue weighted by molar-refractivity contribution is -0.135. The van der Waals surface area contributed by atoms with Crippen LogP contribution in [0.25, 0.3) is 0 Å². The summed E-state index contributed by atoms with van der Waals surface area (Å²) in [6.07, 6.45) is 3.43. The molecule has 1 aromatic carbocycles. The van der Waals surface area contributed by atoms with Crippen molar-refractivity contribution < 1.29 is 14.3 Å². The zero-order chi connectivity index (χ0) is 19.0. The Morgan fingerprint density at radius 2 is 2.00 bits per heavy atom. The zero-order valence-corrected chi connectivity index (χ0v) is 15.9. The van der Waals surface area contributed by atoms with Gasteiger partial charge in [0.25, 0.3) is 5.91 Å². The van der Waals surface area contributed by atoms with Crippen LogP contribution in [0.15, 0.2) is 42.6 Å². The second-order valence-electron chi connectivity index (χ2n) is 7.59. The number of hydrogen-bond acceptors (Lipinski definition) is 3. The summed E-state index contributed by atoms with van der Waals surface area (Å²) >= 11 is 0. The number of methoxy groups -OCH3 is 1. The van der Waals surface area contributed by atoms with Crippen molar-refractivity contribution in [2.24, 2.45) is 12.5 Å². The molecule has 0 saturated carbocycles. The fraction of sp³-hybridized carbons (Fsp3) is 0.429. The minimum atomic E-state index is -0.417. The molecule has 2 aliphatic heterocycles. The number of aromatic nitrogens is 1.